The van der Waals surface area contributed by atoms with Gasteiger partial charge in [-0.1, -0.05) is 12.1 Å². The molecule has 0 atom stereocenters. The van der Waals surface area contributed by atoms with Gasteiger partial charge in [0.05, 0.1) is 12.8 Å². The third-order valence-electron chi connectivity index (χ3n) is 5.52. The summed E-state index contributed by atoms with van der Waals surface area (Å²) in [5, 5.41) is 26.5. The maximum absolute atomic E-state index is 12.4. The molecule has 2 heterocycles. The van der Waals surface area contributed by atoms with E-state index in [1.165, 1.54) is 0 Å². The SMILES string of the molecule is NN=Cc1ccc(N2CC3(CCN(CCCC(=O)O)CC3)OC2=O)cc1.O=C(O)C(F)(F)F.O=C(O)C(F)(F)F. The summed E-state index contributed by atoms with van der Waals surface area (Å²) in [5.74, 6) is -1.13. The Morgan fingerprint density at radius 2 is 1.45 bits per heavy atom. The van der Waals surface area contributed by atoms with Crippen LogP contribution in [0.1, 0.15) is 31.2 Å². The first kappa shape index (κ1) is 33.9. The van der Waals surface area contributed by atoms with Crippen molar-refractivity contribution < 1.29 is 65.6 Å². The quantitative estimate of drug-likeness (QED) is 0.167. The van der Waals surface area contributed by atoms with Crippen molar-refractivity contribution in [1.82, 2.24) is 4.90 Å². The zero-order valence-corrected chi connectivity index (χ0v) is 20.6. The number of benzene rings is 1. The van der Waals surface area contributed by atoms with Crippen LogP contribution in [-0.2, 0) is 19.1 Å². The lowest BCUT2D eigenvalue weighted by Gasteiger charge is -2.37. The number of rotatable bonds is 6. The van der Waals surface area contributed by atoms with Crippen molar-refractivity contribution in [2.24, 2.45) is 10.9 Å². The number of alkyl halides is 6. The van der Waals surface area contributed by atoms with Gasteiger partial charge in [0.15, 0.2) is 0 Å². The second-order valence-electron chi connectivity index (χ2n) is 8.45. The van der Waals surface area contributed by atoms with E-state index < -0.39 is 35.9 Å². The van der Waals surface area contributed by atoms with Crippen molar-refractivity contribution in [2.45, 2.75) is 43.6 Å². The summed E-state index contributed by atoms with van der Waals surface area (Å²) >= 11 is 0. The molecule has 40 heavy (non-hydrogen) atoms. The molecule has 0 saturated carbocycles. The van der Waals surface area contributed by atoms with Gasteiger partial charge in [-0.15, -0.1) is 0 Å². The maximum Gasteiger partial charge on any atom is 0.490 e. The van der Waals surface area contributed by atoms with Crippen LogP contribution >= 0.6 is 0 Å². The predicted octanol–water partition coefficient (Wildman–Crippen LogP) is 2.90. The number of hydrogen-bond donors (Lipinski definition) is 4. The molecule has 0 radical (unpaired) electrons. The second-order valence-corrected chi connectivity index (χ2v) is 8.45. The van der Waals surface area contributed by atoms with Crippen molar-refractivity contribution in [2.75, 3.05) is 31.1 Å². The number of nitrogens with zero attached hydrogens (tertiary/aromatic N) is 3. The van der Waals surface area contributed by atoms with Gasteiger partial charge in [0.1, 0.15) is 5.60 Å². The van der Waals surface area contributed by atoms with E-state index >= 15 is 0 Å². The predicted molar refractivity (Wildman–Crippen MR) is 125 cm³/mol. The Bertz CT molecular complexity index is 1030. The number of ether oxygens (including phenoxy) is 1. The second kappa shape index (κ2) is 14.3. The molecule has 3 rings (SSSR count). The van der Waals surface area contributed by atoms with Gasteiger partial charge in [-0.3, -0.25) is 9.69 Å². The number of piperidine rings is 1. The smallest absolute Gasteiger partial charge is 0.481 e. The van der Waals surface area contributed by atoms with Gasteiger partial charge in [0.25, 0.3) is 0 Å². The van der Waals surface area contributed by atoms with Crippen LogP contribution < -0.4 is 10.7 Å². The maximum atomic E-state index is 12.4. The highest BCUT2D eigenvalue weighted by Crippen LogP contribution is 2.35. The fourth-order valence-corrected chi connectivity index (χ4v) is 3.55. The number of aliphatic carboxylic acids is 3. The van der Waals surface area contributed by atoms with Crippen LogP contribution in [0, 0.1) is 0 Å². The summed E-state index contributed by atoms with van der Waals surface area (Å²) in [5.41, 5.74) is 1.22. The number of carboxylic acids is 3. The minimum atomic E-state index is -5.08. The third-order valence-corrected chi connectivity index (χ3v) is 5.52. The Hall–Kier alpha value is -4.09. The van der Waals surface area contributed by atoms with E-state index in [-0.39, 0.29) is 12.5 Å². The Morgan fingerprint density at radius 1 is 0.975 bits per heavy atom. The summed E-state index contributed by atoms with van der Waals surface area (Å²) in [6, 6.07) is 7.43. The molecule has 0 aromatic heterocycles. The van der Waals surface area contributed by atoms with E-state index in [1.54, 1.807) is 11.1 Å². The summed E-state index contributed by atoms with van der Waals surface area (Å²) in [4.78, 5) is 44.7. The lowest BCUT2D eigenvalue weighted by atomic mass is 9.91. The molecule has 1 aromatic carbocycles. The first-order valence-corrected chi connectivity index (χ1v) is 11.3. The van der Waals surface area contributed by atoms with Crippen molar-refractivity contribution in [1.29, 1.82) is 0 Å². The summed E-state index contributed by atoms with van der Waals surface area (Å²) in [6.45, 7) is 2.93. The molecular weight excluding hydrogens is 562 g/mol. The Morgan fingerprint density at radius 3 is 1.85 bits per heavy atom. The molecule has 224 valence electrons. The van der Waals surface area contributed by atoms with Gasteiger partial charge >= 0.3 is 36.4 Å². The monoisotopic (exact) mass is 588 g/mol. The molecule has 18 heteroatoms. The number of amides is 1. The first-order valence-electron chi connectivity index (χ1n) is 11.3. The number of hydrazone groups is 1. The Labute approximate surface area is 222 Å². The number of likely N-dealkylation sites (tertiary alicyclic amines) is 1. The minimum Gasteiger partial charge on any atom is -0.481 e. The van der Waals surface area contributed by atoms with Gasteiger partial charge in [-0.05, 0) is 30.7 Å². The van der Waals surface area contributed by atoms with Gasteiger partial charge in [-0.25, -0.2) is 14.4 Å². The van der Waals surface area contributed by atoms with E-state index in [9.17, 15) is 35.9 Å². The summed E-state index contributed by atoms with van der Waals surface area (Å²) in [7, 11) is 0. The number of anilines is 1. The minimum absolute atomic E-state index is 0.190. The summed E-state index contributed by atoms with van der Waals surface area (Å²) < 4.78 is 69.2. The van der Waals surface area contributed by atoms with Crippen molar-refractivity contribution in [3.63, 3.8) is 0 Å². The van der Waals surface area contributed by atoms with Crippen LogP contribution in [0.2, 0.25) is 0 Å². The Balaban J connectivity index is 0.000000473. The van der Waals surface area contributed by atoms with E-state index in [4.69, 9.17) is 35.5 Å². The normalized spacial score (nSPS) is 16.9. The molecule has 1 spiro atoms. The van der Waals surface area contributed by atoms with E-state index in [2.05, 4.69) is 10.0 Å². The van der Waals surface area contributed by atoms with Crippen LogP contribution in [0.15, 0.2) is 29.4 Å². The number of halogens is 6. The number of carbonyl (C=O) groups is 4. The molecule has 2 aliphatic heterocycles. The topological polar surface area (TPSA) is 183 Å². The molecule has 12 nitrogen and oxygen atoms in total. The number of nitrogens with two attached hydrogens (primary N) is 1. The van der Waals surface area contributed by atoms with Gasteiger partial charge in [-0.2, -0.15) is 31.4 Å². The number of hydrogen-bond acceptors (Lipinski definition) is 8. The number of carboxylic acid groups (broad SMARTS) is 3. The van der Waals surface area contributed by atoms with Gasteiger partial charge in [0, 0.05) is 38.0 Å². The van der Waals surface area contributed by atoms with Crippen molar-refractivity contribution in [3.05, 3.63) is 29.8 Å². The largest absolute Gasteiger partial charge is 0.490 e. The molecule has 2 saturated heterocycles. The molecule has 2 aliphatic rings. The first-order chi connectivity index (χ1) is 18.4. The molecule has 0 aliphatic carbocycles. The van der Waals surface area contributed by atoms with E-state index in [0.29, 0.717) is 13.0 Å². The molecule has 1 amide bonds. The number of carbonyl (C=O) groups excluding carboxylic acids is 1. The van der Waals surface area contributed by atoms with Crippen LogP contribution in [0.3, 0.4) is 0 Å². The van der Waals surface area contributed by atoms with E-state index in [1.807, 2.05) is 24.3 Å². The molecular formula is C22H26F6N4O8. The van der Waals surface area contributed by atoms with Crippen molar-refractivity contribution in [3.8, 4) is 0 Å². The molecule has 2 fully saturated rings. The van der Waals surface area contributed by atoms with Gasteiger partial charge in [0.2, 0.25) is 0 Å². The fourth-order valence-electron chi connectivity index (χ4n) is 3.55. The lowest BCUT2D eigenvalue weighted by molar-refractivity contribution is -0.193. The molecule has 1 aromatic rings. The highest BCUT2D eigenvalue weighted by molar-refractivity contribution is 5.91. The van der Waals surface area contributed by atoms with E-state index in [0.717, 1.165) is 43.7 Å². The molecule has 0 bridgehead atoms. The van der Waals surface area contributed by atoms with Crippen LogP contribution in [0.4, 0.5) is 36.8 Å². The fraction of sp³-hybridized carbons (Fsp3) is 0.500. The third kappa shape index (κ3) is 11.3. The molecule has 0 unspecified atom stereocenters. The average molecular weight is 588 g/mol. The van der Waals surface area contributed by atoms with Crippen LogP contribution in [0.25, 0.3) is 0 Å². The lowest BCUT2D eigenvalue weighted by Crippen LogP contribution is -2.47. The average Bonchev–Trinajstić information content (AvgIpc) is 3.16. The van der Waals surface area contributed by atoms with Crippen LogP contribution in [0.5, 0.6) is 0 Å². The van der Waals surface area contributed by atoms with Gasteiger partial charge < -0.3 is 30.8 Å². The molecule has 5 N–H and O–H groups in total. The Kier molecular flexibility index (Phi) is 12.2. The highest BCUT2D eigenvalue weighted by Gasteiger charge is 2.47. The zero-order chi connectivity index (χ0) is 30.7. The standard InChI is InChI=1S/C18H24N4O4.2C2HF3O2/c19-20-12-14-3-5-15(6-4-14)22-13-18(26-17(22)25)7-10-21(11-8-18)9-1-2-16(23)24;2*3-2(4,5)1(6)7/h3-6,12H,1-2,7-11,13,19H2,(H,23,24);2*(H,6,7). The highest BCUT2D eigenvalue weighted by atomic mass is 19.4. The zero-order valence-electron chi connectivity index (χ0n) is 20.6. The van der Waals surface area contributed by atoms with Crippen LogP contribution in [-0.4, -0.2) is 94.6 Å². The van der Waals surface area contributed by atoms with Crippen molar-refractivity contribution >= 4 is 35.9 Å². The summed E-state index contributed by atoms with van der Waals surface area (Å²) in [6.07, 6.45) is -6.57.